The maximum atomic E-state index is 11.6. The second kappa shape index (κ2) is 7.77. The van der Waals surface area contributed by atoms with Crippen LogP contribution in [0.4, 0.5) is 5.69 Å². The van der Waals surface area contributed by atoms with Crippen LogP contribution < -0.4 is 5.32 Å². The first-order chi connectivity index (χ1) is 15.5. The number of furan rings is 1. The summed E-state index contributed by atoms with van der Waals surface area (Å²) in [5.74, 6) is -0.408. The predicted molar refractivity (Wildman–Crippen MR) is 123 cm³/mol. The van der Waals surface area contributed by atoms with Gasteiger partial charge in [0.25, 0.3) is 0 Å². The Balaban J connectivity index is 1.67. The number of hydrogen-bond acceptors (Lipinski definition) is 6. The molecule has 0 spiro atoms. The molecule has 158 valence electrons. The molecule has 3 aromatic heterocycles. The summed E-state index contributed by atoms with van der Waals surface area (Å²) >= 11 is 0. The number of rotatable bonds is 5. The standard InChI is InChI=1S/C25H20N4O3/c1-14-12-18(15(2)29-20-7-4-3-6-16(20)25(30)31)22-19(13-14)21-23(32-22)17(8-11-26-21)24-27-9-5-10-28-24/h3-13,15,29H,1-2H3,(H,30,31)/t15-/m1/s1. The molecule has 0 unspecified atom stereocenters. The molecule has 32 heavy (non-hydrogen) atoms. The van der Waals surface area contributed by atoms with Gasteiger partial charge in [-0.2, -0.15) is 0 Å². The summed E-state index contributed by atoms with van der Waals surface area (Å²) in [7, 11) is 0. The summed E-state index contributed by atoms with van der Waals surface area (Å²) in [6.45, 7) is 4.00. The van der Waals surface area contributed by atoms with Crippen LogP contribution in [-0.2, 0) is 0 Å². The van der Waals surface area contributed by atoms with Crippen molar-refractivity contribution >= 4 is 33.7 Å². The summed E-state index contributed by atoms with van der Waals surface area (Å²) in [4.78, 5) is 24.9. The molecule has 7 heteroatoms. The van der Waals surface area contributed by atoms with E-state index in [1.54, 1.807) is 42.9 Å². The molecule has 2 N–H and O–H groups in total. The quantitative estimate of drug-likeness (QED) is 0.378. The van der Waals surface area contributed by atoms with E-state index in [4.69, 9.17) is 4.42 Å². The van der Waals surface area contributed by atoms with E-state index in [2.05, 4.69) is 20.3 Å². The molecule has 0 saturated carbocycles. The van der Waals surface area contributed by atoms with Crippen molar-refractivity contribution < 1.29 is 14.3 Å². The van der Waals surface area contributed by atoms with Crippen molar-refractivity contribution in [3.8, 4) is 11.4 Å². The zero-order valence-corrected chi connectivity index (χ0v) is 17.5. The lowest BCUT2D eigenvalue weighted by molar-refractivity contribution is 0.0698. The van der Waals surface area contributed by atoms with Crippen LogP contribution in [0.15, 0.2) is 71.5 Å². The number of carbonyl (C=O) groups is 1. The number of nitrogens with one attached hydrogen (secondary N) is 1. The second-order valence-corrected chi connectivity index (χ2v) is 7.66. The Morgan fingerprint density at radius 2 is 1.78 bits per heavy atom. The van der Waals surface area contributed by atoms with Crippen molar-refractivity contribution in [1.29, 1.82) is 0 Å². The molecule has 0 fully saturated rings. The van der Waals surface area contributed by atoms with Gasteiger partial charge >= 0.3 is 5.97 Å². The molecule has 1 atom stereocenters. The number of carboxylic acid groups (broad SMARTS) is 1. The van der Waals surface area contributed by atoms with Gasteiger partial charge in [-0.05, 0) is 49.7 Å². The van der Waals surface area contributed by atoms with Gasteiger partial charge in [0.05, 0.1) is 17.2 Å². The Hall–Kier alpha value is -4.26. The largest absolute Gasteiger partial charge is 0.478 e. The van der Waals surface area contributed by atoms with Gasteiger partial charge in [-0.25, -0.2) is 14.8 Å². The van der Waals surface area contributed by atoms with E-state index < -0.39 is 5.97 Å². The number of aromatic nitrogens is 3. The van der Waals surface area contributed by atoms with Crippen LogP contribution in [0.25, 0.3) is 33.5 Å². The topological polar surface area (TPSA) is 101 Å². The van der Waals surface area contributed by atoms with E-state index in [9.17, 15) is 9.90 Å². The number of para-hydroxylation sites is 1. The highest BCUT2D eigenvalue weighted by Crippen LogP contribution is 2.38. The molecule has 7 nitrogen and oxygen atoms in total. The van der Waals surface area contributed by atoms with Gasteiger partial charge in [0, 0.05) is 35.2 Å². The summed E-state index contributed by atoms with van der Waals surface area (Å²) in [6.07, 6.45) is 5.12. The zero-order chi connectivity index (χ0) is 22.2. The van der Waals surface area contributed by atoms with Crippen molar-refractivity contribution in [2.75, 3.05) is 5.32 Å². The average Bonchev–Trinajstić information content (AvgIpc) is 3.18. The van der Waals surface area contributed by atoms with E-state index in [-0.39, 0.29) is 11.6 Å². The first-order valence-corrected chi connectivity index (χ1v) is 10.2. The molecule has 0 aliphatic heterocycles. The molecule has 0 bridgehead atoms. The number of aryl methyl sites for hydroxylation is 1. The lowest BCUT2D eigenvalue weighted by atomic mass is 10.0. The van der Waals surface area contributed by atoms with Gasteiger partial charge in [-0.3, -0.25) is 4.98 Å². The van der Waals surface area contributed by atoms with Gasteiger partial charge in [0.15, 0.2) is 11.4 Å². The maximum Gasteiger partial charge on any atom is 0.337 e. The van der Waals surface area contributed by atoms with Gasteiger partial charge in [-0.15, -0.1) is 0 Å². The van der Waals surface area contributed by atoms with Crippen molar-refractivity contribution in [3.63, 3.8) is 0 Å². The van der Waals surface area contributed by atoms with Crippen molar-refractivity contribution in [2.45, 2.75) is 19.9 Å². The summed E-state index contributed by atoms with van der Waals surface area (Å²) < 4.78 is 6.36. The average molecular weight is 424 g/mol. The number of fused-ring (bicyclic) bond motifs is 3. The molecule has 2 aromatic carbocycles. The molecule has 3 heterocycles. The van der Waals surface area contributed by atoms with Crippen LogP contribution in [0.1, 0.15) is 34.5 Å². The molecule has 0 radical (unpaired) electrons. The third-order valence-corrected chi connectivity index (χ3v) is 5.43. The zero-order valence-electron chi connectivity index (χ0n) is 17.5. The van der Waals surface area contributed by atoms with Crippen molar-refractivity contribution in [3.05, 3.63) is 83.8 Å². The highest BCUT2D eigenvalue weighted by molar-refractivity contribution is 6.08. The van der Waals surface area contributed by atoms with Crippen LogP contribution in [0.2, 0.25) is 0 Å². The fourth-order valence-corrected chi connectivity index (χ4v) is 3.98. The van der Waals surface area contributed by atoms with E-state index in [1.807, 2.05) is 38.1 Å². The lowest BCUT2D eigenvalue weighted by Gasteiger charge is -2.18. The first kappa shape index (κ1) is 19.7. The minimum atomic E-state index is -0.977. The molecular weight excluding hydrogens is 404 g/mol. The predicted octanol–water partition coefficient (Wildman–Crippen LogP) is 5.62. The number of aromatic carboxylic acids is 1. The summed E-state index contributed by atoms with van der Waals surface area (Å²) in [5.41, 5.74) is 5.58. The smallest absolute Gasteiger partial charge is 0.337 e. The van der Waals surface area contributed by atoms with E-state index in [1.165, 1.54) is 0 Å². The number of benzene rings is 2. The van der Waals surface area contributed by atoms with Gasteiger partial charge < -0.3 is 14.8 Å². The third kappa shape index (κ3) is 3.33. The Morgan fingerprint density at radius 3 is 2.56 bits per heavy atom. The molecule has 5 aromatic rings. The van der Waals surface area contributed by atoms with Crippen LogP contribution in [0.5, 0.6) is 0 Å². The number of carboxylic acids is 1. The molecular formula is C25H20N4O3. The molecule has 0 amide bonds. The van der Waals surface area contributed by atoms with Crippen molar-refractivity contribution in [2.24, 2.45) is 0 Å². The van der Waals surface area contributed by atoms with Crippen LogP contribution >= 0.6 is 0 Å². The lowest BCUT2D eigenvalue weighted by Crippen LogP contribution is -2.11. The minimum absolute atomic E-state index is 0.213. The van der Waals surface area contributed by atoms with Crippen LogP contribution in [-0.4, -0.2) is 26.0 Å². The Bertz CT molecular complexity index is 1460. The molecule has 5 rings (SSSR count). The fourth-order valence-electron chi connectivity index (χ4n) is 3.98. The molecule has 0 saturated heterocycles. The number of nitrogens with zero attached hydrogens (tertiary/aromatic N) is 3. The maximum absolute atomic E-state index is 11.6. The Labute approximate surface area is 183 Å². The summed E-state index contributed by atoms with van der Waals surface area (Å²) in [5, 5.41) is 13.7. The van der Waals surface area contributed by atoms with E-state index in [0.29, 0.717) is 22.7 Å². The van der Waals surface area contributed by atoms with E-state index >= 15 is 0 Å². The van der Waals surface area contributed by atoms with Crippen LogP contribution in [0.3, 0.4) is 0 Å². The van der Waals surface area contributed by atoms with Crippen LogP contribution in [0, 0.1) is 6.92 Å². The summed E-state index contributed by atoms with van der Waals surface area (Å²) in [6, 6.07) is 14.4. The van der Waals surface area contributed by atoms with E-state index in [0.717, 1.165) is 27.6 Å². The number of anilines is 1. The monoisotopic (exact) mass is 424 g/mol. The highest BCUT2D eigenvalue weighted by Gasteiger charge is 2.21. The number of pyridine rings is 1. The second-order valence-electron chi connectivity index (χ2n) is 7.66. The third-order valence-electron chi connectivity index (χ3n) is 5.43. The molecule has 0 aliphatic rings. The highest BCUT2D eigenvalue weighted by atomic mass is 16.4. The normalized spacial score (nSPS) is 12.2. The van der Waals surface area contributed by atoms with Crippen molar-refractivity contribution in [1.82, 2.24) is 15.0 Å². The van der Waals surface area contributed by atoms with Gasteiger partial charge in [0.2, 0.25) is 0 Å². The minimum Gasteiger partial charge on any atom is -0.478 e. The SMILES string of the molecule is Cc1cc([C@@H](C)Nc2ccccc2C(=O)O)c2oc3c(-c4ncccn4)ccnc3c2c1. The Morgan fingerprint density at radius 1 is 1.00 bits per heavy atom. The fraction of sp³-hybridized carbons (Fsp3) is 0.120. The number of hydrogen-bond donors (Lipinski definition) is 2. The first-order valence-electron chi connectivity index (χ1n) is 10.2. The molecule has 0 aliphatic carbocycles. The van der Waals surface area contributed by atoms with Gasteiger partial charge in [0.1, 0.15) is 11.1 Å². The Kier molecular flexibility index (Phi) is 4.78. The van der Waals surface area contributed by atoms with Gasteiger partial charge in [-0.1, -0.05) is 18.2 Å².